The van der Waals surface area contributed by atoms with E-state index in [0.717, 1.165) is 22.6 Å². The van der Waals surface area contributed by atoms with Gasteiger partial charge >= 0.3 is 6.03 Å². The molecule has 4 heteroatoms. The fourth-order valence-electron chi connectivity index (χ4n) is 2.92. The predicted octanol–water partition coefficient (Wildman–Crippen LogP) is 4.51. The number of para-hydroxylation sites is 1. The molecular weight excluding hydrogens is 300 g/mol. The molecule has 24 heavy (non-hydrogen) atoms. The van der Waals surface area contributed by atoms with Crippen LogP contribution in [0.4, 0.5) is 10.5 Å². The average Bonchev–Trinajstić information content (AvgIpc) is 3.39. The second kappa shape index (κ2) is 6.95. The van der Waals surface area contributed by atoms with E-state index in [1.54, 1.807) is 7.05 Å². The Labute approximate surface area is 143 Å². The molecule has 0 saturated heterocycles. The first-order valence-corrected chi connectivity index (χ1v) is 8.39. The zero-order chi connectivity index (χ0) is 17.1. The number of amides is 2. The second-order valence-electron chi connectivity index (χ2n) is 6.42. The van der Waals surface area contributed by atoms with Gasteiger partial charge in [-0.2, -0.15) is 0 Å². The Bertz CT molecular complexity index is 751. The summed E-state index contributed by atoms with van der Waals surface area (Å²) in [5.41, 5.74) is 5.44. The number of aryl methyl sites for hydroxylation is 2. The number of ether oxygens (including phenoxy) is 1. The highest BCUT2D eigenvalue weighted by Crippen LogP contribution is 2.44. The molecule has 126 valence electrons. The van der Waals surface area contributed by atoms with Gasteiger partial charge in [-0.3, -0.25) is 0 Å². The van der Waals surface area contributed by atoms with Crippen LogP contribution in [-0.4, -0.2) is 13.1 Å². The Morgan fingerprint density at radius 3 is 2.67 bits per heavy atom. The standard InChI is InChI=1S/C20H24N2O2/c1-13-7-10-18(14(2)11-13)24-12-16-5-4-6-17(15-8-9-15)19(16)22-20(23)21-3/h4-7,10-11,15H,8-9,12H2,1-3H3,(H2,21,22,23). The number of hydrogen-bond donors (Lipinski definition) is 2. The Balaban J connectivity index is 1.83. The Morgan fingerprint density at radius 1 is 1.21 bits per heavy atom. The smallest absolute Gasteiger partial charge is 0.318 e. The number of nitrogens with one attached hydrogen (secondary N) is 2. The van der Waals surface area contributed by atoms with Gasteiger partial charge < -0.3 is 15.4 Å². The number of benzene rings is 2. The van der Waals surface area contributed by atoms with Crippen LogP contribution in [-0.2, 0) is 6.61 Å². The van der Waals surface area contributed by atoms with Crippen molar-refractivity contribution in [1.29, 1.82) is 0 Å². The molecule has 2 aromatic carbocycles. The zero-order valence-electron chi connectivity index (χ0n) is 14.5. The van der Waals surface area contributed by atoms with Gasteiger partial charge in [0.2, 0.25) is 0 Å². The number of carbonyl (C=O) groups is 1. The lowest BCUT2D eigenvalue weighted by Gasteiger charge is -2.17. The lowest BCUT2D eigenvalue weighted by molar-refractivity contribution is 0.254. The fraction of sp³-hybridized carbons (Fsp3) is 0.350. The van der Waals surface area contributed by atoms with Gasteiger partial charge in [0, 0.05) is 12.6 Å². The maximum Gasteiger partial charge on any atom is 0.318 e. The van der Waals surface area contributed by atoms with Crippen LogP contribution in [0.5, 0.6) is 5.75 Å². The maximum atomic E-state index is 11.8. The minimum absolute atomic E-state index is 0.198. The molecule has 1 aliphatic carbocycles. The van der Waals surface area contributed by atoms with Crippen molar-refractivity contribution in [3.63, 3.8) is 0 Å². The topological polar surface area (TPSA) is 50.4 Å². The van der Waals surface area contributed by atoms with Crippen LogP contribution in [0.15, 0.2) is 36.4 Å². The van der Waals surface area contributed by atoms with Crippen LogP contribution in [0.2, 0.25) is 0 Å². The average molecular weight is 324 g/mol. The van der Waals surface area contributed by atoms with Crippen molar-refractivity contribution < 1.29 is 9.53 Å². The SMILES string of the molecule is CNC(=O)Nc1c(COc2ccc(C)cc2C)cccc1C1CC1. The first-order chi connectivity index (χ1) is 11.6. The molecule has 0 spiro atoms. The summed E-state index contributed by atoms with van der Waals surface area (Å²) in [5, 5.41) is 5.61. The molecule has 0 aliphatic heterocycles. The highest BCUT2D eigenvalue weighted by Gasteiger charge is 2.27. The van der Waals surface area contributed by atoms with E-state index in [1.165, 1.54) is 24.0 Å². The third-order valence-corrected chi connectivity index (χ3v) is 4.38. The molecule has 0 aromatic heterocycles. The van der Waals surface area contributed by atoms with E-state index in [4.69, 9.17) is 4.74 Å². The van der Waals surface area contributed by atoms with Crippen molar-refractivity contribution in [3.8, 4) is 5.75 Å². The molecule has 2 N–H and O–H groups in total. The number of anilines is 1. The van der Waals surface area contributed by atoms with Crippen LogP contribution in [0.1, 0.15) is 41.0 Å². The van der Waals surface area contributed by atoms with Gasteiger partial charge in [-0.1, -0.05) is 35.9 Å². The molecule has 0 unspecified atom stereocenters. The number of hydrogen-bond acceptors (Lipinski definition) is 2. The van der Waals surface area contributed by atoms with Gasteiger partial charge in [-0.15, -0.1) is 0 Å². The van der Waals surface area contributed by atoms with Gasteiger partial charge in [0.15, 0.2) is 0 Å². The van der Waals surface area contributed by atoms with Crippen molar-refractivity contribution in [2.75, 3.05) is 12.4 Å². The largest absolute Gasteiger partial charge is 0.489 e. The van der Waals surface area contributed by atoms with E-state index in [2.05, 4.69) is 29.7 Å². The van der Waals surface area contributed by atoms with Crippen molar-refractivity contribution in [2.24, 2.45) is 0 Å². The van der Waals surface area contributed by atoms with E-state index < -0.39 is 0 Å². The summed E-state index contributed by atoms with van der Waals surface area (Å²) in [5.74, 6) is 1.43. The molecule has 0 bridgehead atoms. The van der Waals surface area contributed by atoms with E-state index in [9.17, 15) is 4.79 Å². The Kier molecular flexibility index (Phi) is 4.74. The van der Waals surface area contributed by atoms with Gasteiger partial charge in [0.05, 0.1) is 5.69 Å². The summed E-state index contributed by atoms with van der Waals surface area (Å²) in [6.45, 7) is 4.55. The van der Waals surface area contributed by atoms with E-state index in [0.29, 0.717) is 12.5 Å². The van der Waals surface area contributed by atoms with Crippen molar-refractivity contribution in [1.82, 2.24) is 5.32 Å². The molecule has 3 rings (SSSR count). The van der Waals surface area contributed by atoms with Crippen LogP contribution >= 0.6 is 0 Å². The van der Waals surface area contributed by atoms with E-state index in [-0.39, 0.29) is 6.03 Å². The molecule has 4 nitrogen and oxygen atoms in total. The van der Waals surface area contributed by atoms with Crippen LogP contribution in [0, 0.1) is 13.8 Å². The predicted molar refractivity (Wildman–Crippen MR) is 96.7 cm³/mol. The highest BCUT2D eigenvalue weighted by atomic mass is 16.5. The highest BCUT2D eigenvalue weighted by molar-refractivity contribution is 5.91. The van der Waals surface area contributed by atoms with Crippen molar-refractivity contribution in [3.05, 3.63) is 58.7 Å². The van der Waals surface area contributed by atoms with Crippen molar-refractivity contribution >= 4 is 11.7 Å². The molecule has 2 aromatic rings. The Hall–Kier alpha value is -2.49. The summed E-state index contributed by atoms with van der Waals surface area (Å²) >= 11 is 0. The number of carbonyl (C=O) groups excluding carboxylic acids is 1. The lowest BCUT2D eigenvalue weighted by atomic mass is 10.0. The van der Waals surface area contributed by atoms with E-state index in [1.807, 2.05) is 31.2 Å². The molecule has 2 amide bonds. The van der Waals surface area contributed by atoms with Gasteiger partial charge in [-0.05, 0) is 49.8 Å². The van der Waals surface area contributed by atoms with Crippen molar-refractivity contribution in [2.45, 2.75) is 39.2 Å². The minimum atomic E-state index is -0.198. The first kappa shape index (κ1) is 16.4. The van der Waals surface area contributed by atoms with Crippen LogP contribution in [0.25, 0.3) is 0 Å². The summed E-state index contributed by atoms with van der Waals surface area (Å²) < 4.78 is 6.02. The Morgan fingerprint density at radius 2 is 2.00 bits per heavy atom. The third-order valence-electron chi connectivity index (χ3n) is 4.38. The third kappa shape index (κ3) is 3.70. The molecule has 0 atom stereocenters. The minimum Gasteiger partial charge on any atom is -0.489 e. The number of rotatable bonds is 5. The second-order valence-corrected chi connectivity index (χ2v) is 6.42. The van der Waals surface area contributed by atoms with Gasteiger partial charge in [0.1, 0.15) is 12.4 Å². The maximum absolute atomic E-state index is 11.8. The molecule has 1 saturated carbocycles. The van der Waals surface area contributed by atoms with Crippen LogP contribution in [0.3, 0.4) is 0 Å². The molecule has 1 fully saturated rings. The molecular formula is C20H24N2O2. The zero-order valence-corrected chi connectivity index (χ0v) is 14.5. The molecule has 1 aliphatic rings. The molecule has 0 heterocycles. The van der Waals surface area contributed by atoms with Crippen LogP contribution < -0.4 is 15.4 Å². The molecule has 0 radical (unpaired) electrons. The summed E-state index contributed by atoms with van der Waals surface area (Å²) in [4.78, 5) is 11.8. The normalized spacial score (nSPS) is 13.5. The summed E-state index contributed by atoms with van der Waals surface area (Å²) in [7, 11) is 1.63. The van der Waals surface area contributed by atoms with E-state index >= 15 is 0 Å². The summed E-state index contributed by atoms with van der Waals surface area (Å²) in [6, 6.07) is 12.1. The monoisotopic (exact) mass is 324 g/mol. The van der Waals surface area contributed by atoms with Gasteiger partial charge in [0.25, 0.3) is 0 Å². The lowest BCUT2D eigenvalue weighted by Crippen LogP contribution is -2.26. The number of urea groups is 1. The quantitative estimate of drug-likeness (QED) is 0.850. The fourth-order valence-corrected chi connectivity index (χ4v) is 2.92. The first-order valence-electron chi connectivity index (χ1n) is 8.39. The van der Waals surface area contributed by atoms with Gasteiger partial charge in [-0.25, -0.2) is 4.79 Å². The summed E-state index contributed by atoms with van der Waals surface area (Å²) in [6.07, 6.45) is 2.37.